The third-order valence-corrected chi connectivity index (χ3v) is 5.08. The van der Waals surface area contributed by atoms with Gasteiger partial charge in [0.05, 0.1) is 31.5 Å². The molecule has 0 spiro atoms. The number of hydrogen-bond acceptors (Lipinski definition) is 5. The normalized spacial score (nSPS) is 20.7. The number of carbonyl (C=O) groups is 1. The highest BCUT2D eigenvalue weighted by Crippen LogP contribution is 2.31. The molecule has 2 fully saturated rings. The quantitative estimate of drug-likeness (QED) is 0.652. The van der Waals surface area contributed by atoms with Crippen LogP contribution < -0.4 is 4.90 Å². The van der Waals surface area contributed by atoms with Gasteiger partial charge in [0, 0.05) is 38.5 Å². The molecular weight excluding hydrogens is 389 g/mol. The highest BCUT2D eigenvalue weighted by atomic mass is 19.4. The molecule has 9 heteroatoms. The van der Waals surface area contributed by atoms with E-state index in [0.717, 1.165) is 38.1 Å². The van der Waals surface area contributed by atoms with Crippen molar-refractivity contribution in [2.45, 2.75) is 25.1 Å². The average Bonchev–Trinajstić information content (AvgIpc) is 3.22. The lowest BCUT2D eigenvalue weighted by Gasteiger charge is -2.30. The maximum absolute atomic E-state index is 13.1. The second-order valence-electron chi connectivity index (χ2n) is 7.20. The zero-order valence-electron chi connectivity index (χ0n) is 16.3. The van der Waals surface area contributed by atoms with Gasteiger partial charge in [-0.05, 0) is 31.0 Å². The highest BCUT2D eigenvalue weighted by Gasteiger charge is 2.31. The maximum atomic E-state index is 13.1. The van der Waals surface area contributed by atoms with Crippen LogP contribution in [-0.2, 0) is 25.2 Å². The Bertz CT molecular complexity index is 659. The van der Waals surface area contributed by atoms with Crippen molar-refractivity contribution in [2.24, 2.45) is 0 Å². The van der Waals surface area contributed by atoms with E-state index in [9.17, 15) is 18.0 Å². The van der Waals surface area contributed by atoms with Gasteiger partial charge < -0.3 is 19.1 Å². The number of hydrogen-bond donors (Lipinski definition) is 0. The molecule has 29 heavy (non-hydrogen) atoms. The van der Waals surface area contributed by atoms with E-state index < -0.39 is 11.7 Å². The monoisotopic (exact) mass is 416 g/mol. The van der Waals surface area contributed by atoms with Gasteiger partial charge in [0.15, 0.2) is 0 Å². The van der Waals surface area contributed by atoms with Gasteiger partial charge in [-0.3, -0.25) is 9.69 Å². The standard InChI is InChI=1S/C20H27F3N2O4/c21-20(22,23)16-3-1-4-17(13-16)25(7-6-24-8-11-27-12-9-24)19(26)15-28-14-18-5-2-10-29-18/h1,3-4,13,18H,2,5-12,14-15H2/t18-/m1/s1. The van der Waals surface area contributed by atoms with E-state index >= 15 is 0 Å². The molecule has 2 aliphatic rings. The van der Waals surface area contributed by atoms with Crippen molar-refractivity contribution in [1.82, 2.24) is 4.90 Å². The van der Waals surface area contributed by atoms with E-state index in [1.54, 1.807) is 0 Å². The number of amides is 1. The predicted molar refractivity (Wildman–Crippen MR) is 101 cm³/mol. The van der Waals surface area contributed by atoms with Crippen LogP contribution in [0.25, 0.3) is 0 Å². The van der Waals surface area contributed by atoms with Crippen molar-refractivity contribution in [3.63, 3.8) is 0 Å². The van der Waals surface area contributed by atoms with Crippen molar-refractivity contribution in [3.8, 4) is 0 Å². The summed E-state index contributed by atoms with van der Waals surface area (Å²) in [6, 6.07) is 4.85. The lowest BCUT2D eigenvalue weighted by Crippen LogP contribution is -2.44. The number of rotatable bonds is 8. The number of benzene rings is 1. The van der Waals surface area contributed by atoms with Crippen LogP contribution in [0.15, 0.2) is 24.3 Å². The Hall–Kier alpha value is -1.68. The molecule has 0 radical (unpaired) electrons. The van der Waals surface area contributed by atoms with Gasteiger partial charge in [-0.2, -0.15) is 13.2 Å². The lowest BCUT2D eigenvalue weighted by atomic mass is 10.1. The summed E-state index contributed by atoms with van der Waals surface area (Å²) >= 11 is 0. The molecule has 0 aliphatic carbocycles. The van der Waals surface area contributed by atoms with Gasteiger partial charge in [-0.1, -0.05) is 6.07 Å². The zero-order valence-corrected chi connectivity index (χ0v) is 16.3. The first kappa shape index (κ1) is 22.0. The van der Waals surface area contributed by atoms with Crippen molar-refractivity contribution >= 4 is 11.6 Å². The van der Waals surface area contributed by atoms with Crippen molar-refractivity contribution in [1.29, 1.82) is 0 Å². The molecule has 3 rings (SSSR count). The van der Waals surface area contributed by atoms with Crippen LogP contribution >= 0.6 is 0 Å². The number of anilines is 1. The Morgan fingerprint density at radius 1 is 1.24 bits per heavy atom. The zero-order chi connectivity index (χ0) is 20.7. The number of nitrogens with zero attached hydrogens (tertiary/aromatic N) is 2. The highest BCUT2D eigenvalue weighted by molar-refractivity contribution is 5.94. The number of morpholine rings is 1. The Morgan fingerprint density at radius 3 is 2.72 bits per heavy atom. The minimum atomic E-state index is -4.47. The molecule has 0 aromatic heterocycles. The largest absolute Gasteiger partial charge is 0.416 e. The molecular formula is C20H27F3N2O4. The first-order valence-corrected chi connectivity index (χ1v) is 9.90. The molecule has 1 atom stereocenters. The Morgan fingerprint density at radius 2 is 2.03 bits per heavy atom. The van der Waals surface area contributed by atoms with Gasteiger partial charge in [0.25, 0.3) is 5.91 Å². The molecule has 162 valence electrons. The molecule has 0 unspecified atom stereocenters. The van der Waals surface area contributed by atoms with Crippen molar-refractivity contribution in [2.75, 3.05) is 64.1 Å². The minimum absolute atomic E-state index is 0.0156. The first-order valence-electron chi connectivity index (χ1n) is 9.90. The van der Waals surface area contributed by atoms with Crippen LogP contribution in [-0.4, -0.2) is 76.1 Å². The van der Waals surface area contributed by atoms with E-state index in [0.29, 0.717) is 33.0 Å². The van der Waals surface area contributed by atoms with E-state index in [4.69, 9.17) is 14.2 Å². The number of alkyl halides is 3. The van der Waals surface area contributed by atoms with E-state index in [-0.39, 0.29) is 30.9 Å². The fourth-order valence-electron chi connectivity index (χ4n) is 3.45. The van der Waals surface area contributed by atoms with Crippen LogP contribution in [0.4, 0.5) is 18.9 Å². The summed E-state index contributed by atoms with van der Waals surface area (Å²) in [7, 11) is 0. The molecule has 0 bridgehead atoms. The maximum Gasteiger partial charge on any atom is 0.416 e. The smallest absolute Gasteiger partial charge is 0.379 e. The van der Waals surface area contributed by atoms with Gasteiger partial charge in [0.2, 0.25) is 0 Å². The molecule has 1 amide bonds. The van der Waals surface area contributed by atoms with Gasteiger partial charge in [-0.15, -0.1) is 0 Å². The van der Waals surface area contributed by atoms with Crippen LogP contribution in [0, 0.1) is 0 Å². The summed E-state index contributed by atoms with van der Waals surface area (Å²) in [6.45, 7) is 4.34. The third-order valence-electron chi connectivity index (χ3n) is 5.08. The van der Waals surface area contributed by atoms with Gasteiger partial charge in [0.1, 0.15) is 6.61 Å². The summed E-state index contributed by atoms with van der Waals surface area (Å²) in [5.74, 6) is -0.365. The summed E-state index contributed by atoms with van der Waals surface area (Å²) in [4.78, 5) is 16.3. The van der Waals surface area contributed by atoms with E-state index in [1.807, 2.05) is 0 Å². The molecule has 1 aromatic carbocycles. The molecule has 0 N–H and O–H groups in total. The molecule has 0 saturated carbocycles. The van der Waals surface area contributed by atoms with Gasteiger partial charge in [-0.25, -0.2) is 0 Å². The molecule has 2 saturated heterocycles. The summed E-state index contributed by atoms with van der Waals surface area (Å²) in [5.41, 5.74) is -0.557. The summed E-state index contributed by atoms with van der Waals surface area (Å²) in [6.07, 6.45) is -2.62. The second-order valence-corrected chi connectivity index (χ2v) is 7.20. The number of ether oxygens (including phenoxy) is 3. The number of halogens is 3. The first-order chi connectivity index (χ1) is 13.9. The molecule has 2 aliphatic heterocycles. The van der Waals surface area contributed by atoms with Crippen LogP contribution in [0.5, 0.6) is 0 Å². The number of carbonyl (C=O) groups excluding carboxylic acids is 1. The van der Waals surface area contributed by atoms with Crippen LogP contribution in [0.2, 0.25) is 0 Å². The minimum Gasteiger partial charge on any atom is -0.379 e. The van der Waals surface area contributed by atoms with Crippen molar-refractivity contribution in [3.05, 3.63) is 29.8 Å². The summed E-state index contributed by atoms with van der Waals surface area (Å²) in [5, 5.41) is 0. The lowest BCUT2D eigenvalue weighted by molar-refractivity contribution is -0.137. The topological polar surface area (TPSA) is 51.2 Å². The second kappa shape index (κ2) is 10.4. The Kier molecular flexibility index (Phi) is 7.88. The van der Waals surface area contributed by atoms with Gasteiger partial charge >= 0.3 is 6.18 Å². The summed E-state index contributed by atoms with van der Waals surface area (Å²) < 4.78 is 55.6. The third kappa shape index (κ3) is 6.67. The average molecular weight is 416 g/mol. The van der Waals surface area contributed by atoms with Crippen LogP contribution in [0.3, 0.4) is 0 Å². The van der Waals surface area contributed by atoms with Crippen molar-refractivity contribution < 1.29 is 32.2 Å². The van der Waals surface area contributed by atoms with E-state index in [1.165, 1.54) is 17.0 Å². The van der Waals surface area contributed by atoms with Crippen LogP contribution in [0.1, 0.15) is 18.4 Å². The predicted octanol–water partition coefficient (Wildman–Crippen LogP) is 2.57. The molecule has 2 heterocycles. The fraction of sp³-hybridized carbons (Fsp3) is 0.650. The Labute approximate surface area is 168 Å². The molecule has 6 nitrogen and oxygen atoms in total. The molecule has 1 aromatic rings. The Balaban J connectivity index is 1.65. The van der Waals surface area contributed by atoms with E-state index in [2.05, 4.69) is 4.90 Å². The SMILES string of the molecule is O=C(COC[C@H]1CCCO1)N(CCN1CCOCC1)c1cccc(C(F)(F)F)c1. The fourth-order valence-corrected chi connectivity index (χ4v) is 3.45.